The molecule has 0 aliphatic carbocycles. The first kappa shape index (κ1) is 12.1. The predicted molar refractivity (Wildman–Crippen MR) is 75.1 cm³/mol. The van der Waals surface area contributed by atoms with Crippen molar-refractivity contribution in [1.29, 1.82) is 0 Å². The van der Waals surface area contributed by atoms with Crippen molar-refractivity contribution >= 4 is 16.8 Å². The van der Waals surface area contributed by atoms with Gasteiger partial charge in [0.15, 0.2) is 0 Å². The van der Waals surface area contributed by atoms with Gasteiger partial charge in [-0.25, -0.2) is 4.98 Å². The number of carbonyl (C=O) groups is 1. The van der Waals surface area contributed by atoms with Gasteiger partial charge >= 0.3 is 0 Å². The quantitative estimate of drug-likeness (QED) is 0.888. The van der Waals surface area contributed by atoms with Crippen LogP contribution < -0.4 is 5.32 Å². The second-order valence-electron chi connectivity index (χ2n) is 4.91. The molecule has 98 valence electrons. The van der Waals surface area contributed by atoms with Gasteiger partial charge in [0.2, 0.25) is 0 Å². The highest BCUT2D eigenvalue weighted by atomic mass is 16.2. The SMILES string of the molecule is CNC1CCN(C(=O)c2ccc3ccccc3n2)C1. The fraction of sp³-hybridized carbons (Fsp3) is 0.333. The molecule has 1 aliphatic rings. The van der Waals surface area contributed by atoms with Crippen LogP contribution >= 0.6 is 0 Å². The van der Waals surface area contributed by atoms with Crippen LogP contribution in [0.5, 0.6) is 0 Å². The molecule has 1 aliphatic heterocycles. The Bertz CT molecular complexity index is 611. The molecule has 1 amide bonds. The van der Waals surface area contributed by atoms with E-state index in [0.717, 1.165) is 30.4 Å². The Morgan fingerprint density at radius 2 is 2.16 bits per heavy atom. The number of likely N-dealkylation sites (N-methyl/N-ethyl adjacent to an activating group) is 1. The maximum Gasteiger partial charge on any atom is 0.272 e. The number of nitrogens with one attached hydrogen (secondary N) is 1. The molecule has 0 saturated carbocycles. The molecule has 4 nitrogen and oxygen atoms in total. The molecule has 1 unspecified atom stereocenters. The Morgan fingerprint density at radius 3 is 2.95 bits per heavy atom. The van der Waals surface area contributed by atoms with E-state index >= 15 is 0 Å². The largest absolute Gasteiger partial charge is 0.336 e. The molecule has 2 heterocycles. The first-order valence-electron chi connectivity index (χ1n) is 6.60. The van der Waals surface area contributed by atoms with Crippen molar-refractivity contribution < 1.29 is 4.79 Å². The van der Waals surface area contributed by atoms with Gasteiger partial charge in [-0.05, 0) is 25.6 Å². The number of para-hydroxylation sites is 1. The van der Waals surface area contributed by atoms with Crippen LogP contribution in [-0.4, -0.2) is 42.0 Å². The van der Waals surface area contributed by atoms with Gasteiger partial charge in [0.05, 0.1) is 5.52 Å². The van der Waals surface area contributed by atoms with Crippen LogP contribution in [0.4, 0.5) is 0 Å². The molecule has 1 atom stereocenters. The van der Waals surface area contributed by atoms with E-state index in [1.807, 2.05) is 48.3 Å². The van der Waals surface area contributed by atoms with Crippen LogP contribution in [0, 0.1) is 0 Å². The first-order chi connectivity index (χ1) is 9.28. The summed E-state index contributed by atoms with van der Waals surface area (Å²) in [6.45, 7) is 1.57. The highest BCUT2D eigenvalue weighted by molar-refractivity contribution is 5.95. The van der Waals surface area contributed by atoms with Crippen molar-refractivity contribution in [2.45, 2.75) is 12.5 Å². The van der Waals surface area contributed by atoms with Crippen LogP contribution in [-0.2, 0) is 0 Å². The molecule has 1 aromatic heterocycles. The van der Waals surface area contributed by atoms with Crippen LogP contribution in [0.15, 0.2) is 36.4 Å². The molecule has 1 N–H and O–H groups in total. The molecule has 1 fully saturated rings. The summed E-state index contributed by atoms with van der Waals surface area (Å²) in [5.74, 6) is 0.0310. The van der Waals surface area contributed by atoms with Gasteiger partial charge in [0.1, 0.15) is 5.69 Å². The van der Waals surface area contributed by atoms with Gasteiger partial charge in [0, 0.05) is 24.5 Å². The zero-order chi connectivity index (χ0) is 13.2. The third-order valence-corrected chi connectivity index (χ3v) is 3.70. The van der Waals surface area contributed by atoms with Gasteiger partial charge in [0.25, 0.3) is 5.91 Å². The lowest BCUT2D eigenvalue weighted by Crippen LogP contribution is -2.33. The number of hydrogen-bond donors (Lipinski definition) is 1. The molecular weight excluding hydrogens is 238 g/mol. The third-order valence-electron chi connectivity index (χ3n) is 3.70. The number of nitrogens with zero attached hydrogens (tertiary/aromatic N) is 2. The number of rotatable bonds is 2. The van der Waals surface area contributed by atoms with E-state index in [4.69, 9.17) is 0 Å². The highest BCUT2D eigenvalue weighted by Crippen LogP contribution is 2.16. The van der Waals surface area contributed by atoms with Crippen LogP contribution in [0.2, 0.25) is 0 Å². The summed E-state index contributed by atoms with van der Waals surface area (Å²) in [6.07, 6.45) is 1.01. The standard InChI is InChI=1S/C15H17N3O/c1-16-12-8-9-18(10-12)15(19)14-7-6-11-4-2-3-5-13(11)17-14/h2-7,12,16H,8-10H2,1H3. The number of amides is 1. The van der Waals surface area contributed by atoms with Crippen LogP contribution in [0.25, 0.3) is 10.9 Å². The second kappa shape index (κ2) is 4.97. The Balaban J connectivity index is 1.85. The second-order valence-corrected chi connectivity index (χ2v) is 4.91. The minimum atomic E-state index is 0.0310. The van der Waals surface area contributed by atoms with E-state index in [-0.39, 0.29) is 5.91 Å². The van der Waals surface area contributed by atoms with E-state index in [1.165, 1.54) is 0 Å². The number of likely N-dealkylation sites (tertiary alicyclic amines) is 1. The van der Waals surface area contributed by atoms with Gasteiger partial charge < -0.3 is 10.2 Å². The van der Waals surface area contributed by atoms with Crippen molar-refractivity contribution in [2.24, 2.45) is 0 Å². The number of hydrogen-bond acceptors (Lipinski definition) is 3. The fourth-order valence-electron chi connectivity index (χ4n) is 2.53. The Kier molecular flexibility index (Phi) is 3.17. The number of carbonyl (C=O) groups excluding carboxylic acids is 1. The van der Waals surface area contributed by atoms with E-state index in [9.17, 15) is 4.79 Å². The van der Waals surface area contributed by atoms with Gasteiger partial charge in [-0.2, -0.15) is 0 Å². The molecule has 0 radical (unpaired) electrons. The summed E-state index contributed by atoms with van der Waals surface area (Å²) in [5, 5.41) is 4.28. The van der Waals surface area contributed by atoms with Crippen molar-refractivity contribution in [3.05, 3.63) is 42.1 Å². The smallest absolute Gasteiger partial charge is 0.272 e. The van der Waals surface area contributed by atoms with Crippen molar-refractivity contribution in [1.82, 2.24) is 15.2 Å². The maximum absolute atomic E-state index is 12.4. The van der Waals surface area contributed by atoms with E-state index < -0.39 is 0 Å². The molecular formula is C15H17N3O. The zero-order valence-corrected chi connectivity index (χ0v) is 11.0. The van der Waals surface area contributed by atoms with Gasteiger partial charge in [-0.15, -0.1) is 0 Å². The molecule has 2 aromatic rings. The molecule has 1 saturated heterocycles. The molecule has 1 aromatic carbocycles. The third kappa shape index (κ3) is 2.31. The first-order valence-corrected chi connectivity index (χ1v) is 6.60. The van der Waals surface area contributed by atoms with Crippen molar-refractivity contribution in [2.75, 3.05) is 20.1 Å². The molecule has 4 heteroatoms. The average Bonchev–Trinajstić information content (AvgIpc) is 2.95. The molecule has 19 heavy (non-hydrogen) atoms. The molecule has 3 rings (SSSR count). The van der Waals surface area contributed by atoms with E-state index in [1.54, 1.807) is 0 Å². The number of aromatic nitrogens is 1. The topological polar surface area (TPSA) is 45.2 Å². The Hall–Kier alpha value is -1.94. The summed E-state index contributed by atoms with van der Waals surface area (Å²) in [5.41, 5.74) is 1.41. The average molecular weight is 255 g/mol. The highest BCUT2D eigenvalue weighted by Gasteiger charge is 2.26. The lowest BCUT2D eigenvalue weighted by atomic mass is 10.2. The summed E-state index contributed by atoms with van der Waals surface area (Å²) < 4.78 is 0. The zero-order valence-electron chi connectivity index (χ0n) is 11.0. The Labute approximate surface area is 112 Å². The summed E-state index contributed by atoms with van der Waals surface area (Å²) in [6, 6.07) is 12.0. The van der Waals surface area contributed by atoms with Gasteiger partial charge in [-0.3, -0.25) is 4.79 Å². The van der Waals surface area contributed by atoms with Crippen LogP contribution in [0.3, 0.4) is 0 Å². The van der Waals surface area contributed by atoms with Crippen molar-refractivity contribution in [3.63, 3.8) is 0 Å². The van der Waals surface area contributed by atoms with Crippen molar-refractivity contribution in [3.8, 4) is 0 Å². The summed E-state index contributed by atoms with van der Waals surface area (Å²) in [4.78, 5) is 18.7. The maximum atomic E-state index is 12.4. The number of pyridine rings is 1. The lowest BCUT2D eigenvalue weighted by molar-refractivity contribution is 0.0784. The fourth-order valence-corrected chi connectivity index (χ4v) is 2.53. The van der Waals surface area contributed by atoms with Gasteiger partial charge in [-0.1, -0.05) is 24.3 Å². The number of benzene rings is 1. The van der Waals surface area contributed by atoms with Crippen LogP contribution in [0.1, 0.15) is 16.9 Å². The summed E-state index contributed by atoms with van der Waals surface area (Å²) in [7, 11) is 1.94. The molecule has 0 bridgehead atoms. The minimum Gasteiger partial charge on any atom is -0.336 e. The minimum absolute atomic E-state index is 0.0310. The normalized spacial score (nSPS) is 19.0. The predicted octanol–water partition coefficient (Wildman–Crippen LogP) is 1.67. The lowest BCUT2D eigenvalue weighted by Gasteiger charge is -2.16. The van der Waals surface area contributed by atoms with E-state index in [0.29, 0.717) is 11.7 Å². The summed E-state index contributed by atoms with van der Waals surface area (Å²) >= 11 is 0. The number of fused-ring (bicyclic) bond motifs is 1. The Morgan fingerprint density at radius 1 is 1.32 bits per heavy atom. The molecule has 0 spiro atoms. The monoisotopic (exact) mass is 255 g/mol. The van der Waals surface area contributed by atoms with E-state index in [2.05, 4.69) is 10.3 Å².